The van der Waals surface area contributed by atoms with E-state index in [0.717, 1.165) is 0 Å². The first-order valence-corrected chi connectivity index (χ1v) is 6.02. The number of anilines is 2. The lowest BCUT2D eigenvalue weighted by Gasteiger charge is -2.09. The molecule has 1 N–H and O–H groups in total. The zero-order valence-corrected chi connectivity index (χ0v) is 11.3. The summed E-state index contributed by atoms with van der Waals surface area (Å²) in [5.41, 5.74) is 0.518. The van der Waals surface area contributed by atoms with Gasteiger partial charge in [0.25, 0.3) is 0 Å². The van der Waals surface area contributed by atoms with Crippen LogP contribution in [-0.2, 0) is 0 Å². The number of hydrogen-bond donors (Lipinski definition) is 1. The monoisotopic (exact) mass is 335 g/mol. The molecule has 0 spiro atoms. The average Bonchev–Trinajstić information content (AvgIpc) is 2.26. The highest BCUT2D eigenvalue weighted by molar-refractivity contribution is 9.10. The molecule has 1 heterocycles. The van der Waals surface area contributed by atoms with Gasteiger partial charge in [0.05, 0.1) is 10.7 Å². The summed E-state index contributed by atoms with van der Waals surface area (Å²) in [6.07, 6.45) is 0. The van der Waals surface area contributed by atoms with Crippen molar-refractivity contribution in [3.63, 3.8) is 0 Å². The van der Waals surface area contributed by atoms with Crippen LogP contribution in [0.2, 0.25) is 10.2 Å². The van der Waals surface area contributed by atoms with E-state index in [1.807, 2.05) is 0 Å². The Morgan fingerprint density at radius 1 is 1.18 bits per heavy atom. The Morgan fingerprint density at radius 2 is 1.94 bits per heavy atom. The fraction of sp³-hybridized carbons (Fsp3) is 0. The Balaban J connectivity index is 2.33. The van der Waals surface area contributed by atoms with Crippen LogP contribution >= 0.6 is 39.1 Å². The number of hydrogen-bond acceptors (Lipinski definition) is 3. The summed E-state index contributed by atoms with van der Waals surface area (Å²) in [7, 11) is 0. The predicted octanol–water partition coefficient (Wildman–Crippen LogP) is 4.43. The van der Waals surface area contributed by atoms with E-state index in [-0.39, 0.29) is 5.02 Å². The topological polar surface area (TPSA) is 37.8 Å². The van der Waals surface area contributed by atoms with Gasteiger partial charge in [-0.05, 0) is 40.2 Å². The number of aromatic nitrogens is 2. The quantitative estimate of drug-likeness (QED) is 0.881. The number of halogens is 4. The molecule has 0 aliphatic carbocycles. The minimum Gasteiger partial charge on any atom is -0.337 e. The molecule has 0 unspecified atom stereocenters. The molecular weight excluding hydrogens is 332 g/mol. The Hall–Kier alpha value is -0.910. The number of benzene rings is 1. The molecule has 0 radical (unpaired) electrons. The molecule has 0 saturated carbocycles. The maximum Gasteiger partial charge on any atom is 0.153 e. The van der Waals surface area contributed by atoms with Crippen LogP contribution < -0.4 is 5.32 Å². The van der Waals surface area contributed by atoms with Crippen molar-refractivity contribution in [1.82, 2.24) is 10.2 Å². The van der Waals surface area contributed by atoms with Gasteiger partial charge >= 0.3 is 0 Å². The molecule has 2 aromatic rings. The molecule has 0 fully saturated rings. The van der Waals surface area contributed by atoms with Gasteiger partial charge in [0.1, 0.15) is 5.82 Å². The molecule has 2 rings (SSSR count). The third kappa shape index (κ3) is 3.06. The van der Waals surface area contributed by atoms with Gasteiger partial charge in [-0.1, -0.05) is 23.2 Å². The van der Waals surface area contributed by atoms with Crippen molar-refractivity contribution < 1.29 is 4.39 Å². The normalized spacial score (nSPS) is 10.4. The number of nitrogens with zero attached hydrogens (tertiary/aromatic N) is 2. The van der Waals surface area contributed by atoms with Gasteiger partial charge < -0.3 is 5.32 Å². The summed E-state index contributed by atoms with van der Waals surface area (Å²) >= 11 is 14.7. The van der Waals surface area contributed by atoms with Crippen molar-refractivity contribution in [2.24, 2.45) is 0 Å². The standard InChI is InChI=1S/C10H5BrCl2FN3/c11-6-3-5(14)4-7(12)10(6)15-9-2-1-8(13)16-17-9/h1-4H,(H,15,17). The molecule has 1 aromatic carbocycles. The maximum absolute atomic E-state index is 13.0. The van der Waals surface area contributed by atoms with Crippen LogP contribution in [0.5, 0.6) is 0 Å². The number of nitrogens with one attached hydrogen (secondary N) is 1. The molecule has 1 aromatic heterocycles. The van der Waals surface area contributed by atoms with E-state index in [2.05, 4.69) is 31.4 Å². The van der Waals surface area contributed by atoms with Crippen molar-refractivity contribution in [3.8, 4) is 0 Å². The van der Waals surface area contributed by atoms with Gasteiger partial charge in [0.15, 0.2) is 11.0 Å². The molecular formula is C10H5BrCl2FN3. The van der Waals surface area contributed by atoms with E-state index in [1.165, 1.54) is 12.1 Å². The van der Waals surface area contributed by atoms with E-state index >= 15 is 0 Å². The van der Waals surface area contributed by atoms with Crippen molar-refractivity contribution in [1.29, 1.82) is 0 Å². The van der Waals surface area contributed by atoms with E-state index < -0.39 is 5.82 Å². The van der Waals surface area contributed by atoms with Gasteiger partial charge in [-0.3, -0.25) is 0 Å². The molecule has 17 heavy (non-hydrogen) atoms. The van der Waals surface area contributed by atoms with Crippen LogP contribution in [-0.4, -0.2) is 10.2 Å². The van der Waals surface area contributed by atoms with Crippen molar-refractivity contribution in [3.05, 3.63) is 44.7 Å². The summed E-state index contributed by atoms with van der Waals surface area (Å²) in [5.74, 6) is 0.0400. The minimum atomic E-state index is -0.422. The zero-order valence-electron chi connectivity index (χ0n) is 8.22. The van der Waals surface area contributed by atoms with E-state index in [0.29, 0.717) is 21.1 Å². The van der Waals surface area contributed by atoms with Crippen LogP contribution in [0.3, 0.4) is 0 Å². The summed E-state index contributed by atoms with van der Waals surface area (Å²) in [5, 5.41) is 10.9. The highest BCUT2D eigenvalue weighted by Crippen LogP contribution is 2.33. The highest BCUT2D eigenvalue weighted by Gasteiger charge is 2.09. The highest BCUT2D eigenvalue weighted by atomic mass is 79.9. The first kappa shape index (κ1) is 12.5. The lowest BCUT2D eigenvalue weighted by molar-refractivity contribution is 0.627. The summed E-state index contributed by atoms with van der Waals surface area (Å²) in [4.78, 5) is 0. The van der Waals surface area contributed by atoms with Gasteiger partial charge in [0, 0.05) is 4.47 Å². The van der Waals surface area contributed by atoms with Crippen molar-refractivity contribution >= 4 is 50.6 Å². The lowest BCUT2D eigenvalue weighted by Crippen LogP contribution is -1.97. The molecule has 7 heteroatoms. The Morgan fingerprint density at radius 3 is 2.53 bits per heavy atom. The maximum atomic E-state index is 13.0. The second-order valence-corrected chi connectivity index (χ2v) is 4.76. The first-order chi connectivity index (χ1) is 8.06. The summed E-state index contributed by atoms with van der Waals surface area (Å²) in [6.45, 7) is 0. The average molecular weight is 337 g/mol. The smallest absolute Gasteiger partial charge is 0.153 e. The molecule has 0 amide bonds. The van der Waals surface area contributed by atoms with E-state index in [9.17, 15) is 4.39 Å². The second-order valence-electron chi connectivity index (χ2n) is 3.11. The fourth-order valence-electron chi connectivity index (χ4n) is 1.17. The lowest BCUT2D eigenvalue weighted by atomic mass is 10.3. The molecule has 0 aliphatic rings. The van der Waals surface area contributed by atoms with Crippen LogP contribution in [0.25, 0.3) is 0 Å². The minimum absolute atomic E-state index is 0.244. The first-order valence-electron chi connectivity index (χ1n) is 4.47. The molecule has 0 saturated heterocycles. The van der Waals surface area contributed by atoms with Crippen molar-refractivity contribution in [2.45, 2.75) is 0 Å². The Kier molecular flexibility index (Phi) is 3.81. The SMILES string of the molecule is Fc1cc(Cl)c(Nc2ccc(Cl)nn2)c(Br)c1. The Bertz CT molecular complexity index is 525. The molecule has 88 valence electrons. The van der Waals surface area contributed by atoms with Gasteiger partial charge in [0.2, 0.25) is 0 Å². The summed E-state index contributed by atoms with van der Waals surface area (Å²) < 4.78 is 13.5. The third-order valence-corrected chi connectivity index (χ3v) is 3.02. The van der Waals surface area contributed by atoms with E-state index in [4.69, 9.17) is 23.2 Å². The number of rotatable bonds is 2. The molecule has 3 nitrogen and oxygen atoms in total. The largest absolute Gasteiger partial charge is 0.337 e. The third-order valence-electron chi connectivity index (χ3n) is 1.89. The Labute approximate surface area is 115 Å². The van der Waals surface area contributed by atoms with Crippen LogP contribution in [0.15, 0.2) is 28.7 Å². The second kappa shape index (κ2) is 5.16. The van der Waals surface area contributed by atoms with Crippen LogP contribution in [0.4, 0.5) is 15.9 Å². The van der Waals surface area contributed by atoms with Gasteiger partial charge in [-0.2, -0.15) is 0 Å². The molecule has 0 atom stereocenters. The van der Waals surface area contributed by atoms with Crippen molar-refractivity contribution in [2.75, 3.05) is 5.32 Å². The van der Waals surface area contributed by atoms with Crippen LogP contribution in [0.1, 0.15) is 0 Å². The van der Waals surface area contributed by atoms with E-state index in [1.54, 1.807) is 12.1 Å². The molecule has 0 bridgehead atoms. The molecule has 0 aliphatic heterocycles. The van der Waals surface area contributed by atoms with Gasteiger partial charge in [-0.25, -0.2) is 4.39 Å². The van der Waals surface area contributed by atoms with Crippen LogP contribution in [0, 0.1) is 5.82 Å². The fourth-order valence-corrected chi connectivity index (χ4v) is 2.17. The predicted molar refractivity (Wildman–Crippen MR) is 69.4 cm³/mol. The zero-order chi connectivity index (χ0) is 12.4. The summed E-state index contributed by atoms with van der Waals surface area (Å²) in [6, 6.07) is 5.74. The van der Waals surface area contributed by atoms with Gasteiger partial charge in [-0.15, -0.1) is 10.2 Å².